The molecule has 3 aromatic rings. The van der Waals surface area contributed by atoms with Crippen LogP contribution >= 0.6 is 0 Å². The summed E-state index contributed by atoms with van der Waals surface area (Å²) in [6, 6.07) is 25.1. The molecule has 5 rings (SSSR count). The molecule has 222 valence electrons. The molecule has 2 aliphatic rings. The van der Waals surface area contributed by atoms with Crippen LogP contribution in [0.2, 0.25) is 0 Å². The third kappa shape index (κ3) is 6.04. The van der Waals surface area contributed by atoms with E-state index in [0.717, 1.165) is 53.7 Å². The van der Waals surface area contributed by atoms with Crippen molar-refractivity contribution in [3.05, 3.63) is 95.8 Å². The first-order chi connectivity index (χ1) is 20.7. The highest BCUT2D eigenvalue weighted by Gasteiger charge is 2.24. The predicted octanol–water partition coefficient (Wildman–Crippen LogP) is 5.73. The maximum Gasteiger partial charge on any atom is 0.344 e. The van der Waals surface area contributed by atoms with Crippen LogP contribution in [0.4, 0.5) is 5.69 Å². The SMILES string of the molecule is CCN(CC)c1ccc2c(-c3ccccc3C(=O)Oc3ccc(S(N)(=O)=O)cc3)c3ccc(=[N+](CC)CC)cc-3oc2c1. The smallest absolute Gasteiger partial charge is 0.344 e. The minimum Gasteiger partial charge on any atom is -0.456 e. The van der Waals surface area contributed by atoms with E-state index in [4.69, 9.17) is 14.3 Å². The van der Waals surface area contributed by atoms with Crippen LogP contribution in [-0.4, -0.2) is 40.6 Å². The molecule has 0 aromatic heterocycles. The van der Waals surface area contributed by atoms with Crippen LogP contribution in [0.5, 0.6) is 5.75 Å². The van der Waals surface area contributed by atoms with E-state index in [-0.39, 0.29) is 10.6 Å². The monoisotopic (exact) mass is 598 g/mol. The van der Waals surface area contributed by atoms with Crippen LogP contribution in [0.3, 0.4) is 0 Å². The number of nitrogens with zero attached hydrogens (tertiary/aromatic N) is 2. The van der Waals surface area contributed by atoms with Crippen molar-refractivity contribution in [2.24, 2.45) is 5.14 Å². The van der Waals surface area contributed by atoms with E-state index in [9.17, 15) is 13.2 Å². The number of fused-ring (bicyclic) bond motifs is 2. The quantitative estimate of drug-likeness (QED) is 0.101. The molecule has 1 aliphatic heterocycles. The number of rotatable bonds is 9. The summed E-state index contributed by atoms with van der Waals surface area (Å²) in [5.74, 6) is 0.351. The second-order valence-electron chi connectivity index (χ2n) is 10.1. The Balaban J connectivity index is 1.71. The Hall–Kier alpha value is -4.47. The Morgan fingerprint density at radius 2 is 1.56 bits per heavy atom. The summed E-state index contributed by atoms with van der Waals surface area (Å²) < 4.78 is 37.8. The highest BCUT2D eigenvalue weighted by Crippen LogP contribution is 2.42. The molecule has 2 N–H and O–H groups in total. The van der Waals surface area contributed by atoms with Gasteiger partial charge >= 0.3 is 5.97 Å². The second-order valence-corrected chi connectivity index (χ2v) is 11.7. The highest BCUT2D eigenvalue weighted by atomic mass is 32.2. The second kappa shape index (κ2) is 12.4. The molecule has 0 bridgehead atoms. The van der Waals surface area contributed by atoms with E-state index in [1.807, 2.05) is 24.3 Å². The number of benzene rings is 4. The summed E-state index contributed by atoms with van der Waals surface area (Å²) in [5, 5.41) is 7.14. The fourth-order valence-electron chi connectivity index (χ4n) is 5.47. The molecule has 0 amide bonds. The highest BCUT2D eigenvalue weighted by molar-refractivity contribution is 7.89. The van der Waals surface area contributed by atoms with Crippen molar-refractivity contribution in [1.29, 1.82) is 0 Å². The van der Waals surface area contributed by atoms with E-state index < -0.39 is 16.0 Å². The molecule has 0 spiro atoms. The molecule has 8 nitrogen and oxygen atoms in total. The maximum atomic E-state index is 13.6. The van der Waals surface area contributed by atoms with Crippen molar-refractivity contribution in [3.8, 4) is 28.2 Å². The Morgan fingerprint density at radius 3 is 2.21 bits per heavy atom. The predicted molar refractivity (Wildman–Crippen MR) is 171 cm³/mol. The lowest BCUT2D eigenvalue weighted by Crippen LogP contribution is -2.29. The number of sulfonamides is 1. The van der Waals surface area contributed by atoms with Crippen molar-refractivity contribution >= 4 is 32.6 Å². The largest absolute Gasteiger partial charge is 0.456 e. The number of hydrogen-bond acceptors (Lipinski definition) is 6. The average molecular weight is 599 g/mol. The molecule has 0 saturated carbocycles. The van der Waals surface area contributed by atoms with Crippen LogP contribution in [0.15, 0.2) is 94.2 Å². The molecule has 3 aromatic carbocycles. The van der Waals surface area contributed by atoms with Gasteiger partial charge in [-0.25, -0.2) is 22.9 Å². The zero-order valence-corrected chi connectivity index (χ0v) is 25.6. The van der Waals surface area contributed by atoms with Gasteiger partial charge in [0.25, 0.3) is 0 Å². The first kappa shape index (κ1) is 30.0. The summed E-state index contributed by atoms with van der Waals surface area (Å²) in [6.45, 7) is 11.9. The summed E-state index contributed by atoms with van der Waals surface area (Å²) in [5.41, 5.74) is 4.58. The normalized spacial score (nSPS) is 11.6. The minimum atomic E-state index is -3.86. The van der Waals surface area contributed by atoms with Gasteiger partial charge in [-0.3, -0.25) is 0 Å². The summed E-state index contributed by atoms with van der Waals surface area (Å²) >= 11 is 0. The minimum absolute atomic E-state index is 0.0631. The molecule has 0 saturated heterocycles. The van der Waals surface area contributed by atoms with E-state index in [1.54, 1.807) is 12.1 Å². The number of primary sulfonamides is 1. The number of carbonyl (C=O) groups is 1. The number of hydrogen-bond donors (Lipinski definition) is 1. The van der Waals surface area contributed by atoms with Crippen molar-refractivity contribution in [3.63, 3.8) is 0 Å². The molecule has 0 fully saturated rings. The van der Waals surface area contributed by atoms with Crippen LogP contribution in [0.25, 0.3) is 33.4 Å². The lowest BCUT2D eigenvalue weighted by molar-refractivity contribution is 0.0735. The van der Waals surface area contributed by atoms with Crippen molar-refractivity contribution in [2.75, 3.05) is 31.1 Å². The third-order valence-corrected chi connectivity index (χ3v) is 8.65. The van der Waals surface area contributed by atoms with Crippen molar-refractivity contribution in [1.82, 2.24) is 4.58 Å². The van der Waals surface area contributed by atoms with E-state index in [0.29, 0.717) is 22.5 Å². The Morgan fingerprint density at radius 1 is 0.860 bits per heavy atom. The number of nitrogens with two attached hydrogens (primary N) is 1. The number of esters is 1. The first-order valence-corrected chi connectivity index (χ1v) is 16.0. The van der Waals surface area contributed by atoms with Gasteiger partial charge in [-0.05, 0) is 81.8 Å². The van der Waals surface area contributed by atoms with Crippen molar-refractivity contribution < 1.29 is 22.4 Å². The standard InChI is InChI=1S/C34H36N3O5S/c1-5-36(6-2)23-13-19-29-31(21-23)42-32-22-24(37(7-3)8-4)14-20-30(32)33(29)27-11-9-10-12-28(27)34(38)41-25-15-17-26(18-16-25)43(35,39)40/h9-22H,5-8H2,1-4H3,(H2,35,39,40)/q+1. The van der Waals surface area contributed by atoms with E-state index >= 15 is 0 Å². The van der Waals surface area contributed by atoms with Crippen molar-refractivity contribution in [2.45, 2.75) is 32.6 Å². The Kier molecular flexibility index (Phi) is 8.66. The van der Waals surface area contributed by atoms with E-state index in [2.05, 4.69) is 61.4 Å². The average Bonchev–Trinajstić information content (AvgIpc) is 3.01. The molecule has 9 heteroatoms. The lowest BCUT2D eigenvalue weighted by atomic mass is 9.90. The maximum absolute atomic E-state index is 13.6. The van der Waals surface area contributed by atoms with Crippen LogP contribution in [0.1, 0.15) is 38.1 Å². The fourth-order valence-corrected chi connectivity index (χ4v) is 5.98. The van der Waals surface area contributed by atoms with Gasteiger partial charge in [0.05, 0.1) is 16.5 Å². The number of anilines is 1. The van der Waals surface area contributed by atoms with Gasteiger partial charge in [-0.15, -0.1) is 0 Å². The summed E-state index contributed by atoms with van der Waals surface area (Å²) in [7, 11) is -3.86. The molecule has 1 heterocycles. The zero-order valence-electron chi connectivity index (χ0n) is 24.8. The van der Waals surface area contributed by atoms with Gasteiger partial charge in [-0.1, -0.05) is 18.2 Å². The van der Waals surface area contributed by atoms with Gasteiger partial charge in [0.1, 0.15) is 30.2 Å². The number of carbonyl (C=O) groups excluding carboxylic acids is 1. The summed E-state index contributed by atoms with van der Waals surface area (Å²) in [4.78, 5) is 15.8. The van der Waals surface area contributed by atoms with Gasteiger partial charge in [0.15, 0.2) is 0 Å². The Bertz CT molecular complexity index is 1940. The van der Waals surface area contributed by atoms with Gasteiger partial charge < -0.3 is 14.1 Å². The molecule has 0 unspecified atom stereocenters. The molecular weight excluding hydrogens is 562 g/mol. The van der Waals surface area contributed by atoms with Crippen LogP contribution in [-0.2, 0) is 10.0 Å². The number of ether oxygens (including phenoxy) is 1. The lowest BCUT2D eigenvalue weighted by Gasteiger charge is -2.22. The topological polar surface area (TPSA) is 106 Å². The van der Waals surface area contributed by atoms with Gasteiger partial charge in [0, 0.05) is 47.4 Å². The Labute approximate surface area is 252 Å². The molecule has 0 radical (unpaired) electrons. The van der Waals surface area contributed by atoms with Crippen LogP contribution in [0, 0.1) is 0 Å². The fraction of sp³-hybridized carbons (Fsp3) is 0.235. The first-order valence-electron chi connectivity index (χ1n) is 14.5. The van der Waals surface area contributed by atoms with Crippen LogP contribution < -0.4 is 24.7 Å². The molecule has 0 atom stereocenters. The van der Waals surface area contributed by atoms with E-state index in [1.165, 1.54) is 24.3 Å². The molecule has 43 heavy (non-hydrogen) atoms. The zero-order chi connectivity index (χ0) is 30.7. The molecular formula is C34H36N3O5S+. The summed E-state index contributed by atoms with van der Waals surface area (Å²) in [6.07, 6.45) is 0. The molecule has 1 aliphatic carbocycles. The third-order valence-electron chi connectivity index (χ3n) is 7.73. The van der Waals surface area contributed by atoms with Gasteiger partial charge in [-0.2, -0.15) is 0 Å². The van der Waals surface area contributed by atoms with Gasteiger partial charge in [0.2, 0.25) is 15.4 Å².